The highest BCUT2D eigenvalue weighted by atomic mass is 16.2. The van der Waals surface area contributed by atoms with Gasteiger partial charge in [0.2, 0.25) is 11.8 Å². The number of carbonyl (C=O) groups excluding carboxylic acids is 2. The van der Waals surface area contributed by atoms with Crippen molar-refractivity contribution in [2.45, 2.75) is 32.9 Å². The van der Waals surface area contributed by atoms with E-state index >= 15 is 0 Å². The molecule has 0 aliphatic rings. The Bertz CT molecular complexity index is 656. The van der Waals surface area contributed by atoms with E-state index in [1.165, 1.54) is 6.92 Å². The number of nitrogens with zero attached hydrogens (tertiary/aromatic N) is 1. The van der Waals surface area contributed by atoms with Crippen LogP contribution in [0.25, 0.3) is 0 Å². The lowest BCUT2D eigenvalue weighted by molar-refractivity contribution is -0.139. The predicted molar refractivity (Wildman–Crippen MR) is 95.3 cm³/mol. The topological polar surface area (TPSA) is 49.4 Å². The number of amides is 2. The lowest BCUT2D eigenvalue weighted by Gasteiger charge is -2.30. The Kier molecular flexibility index (Phi) is 6.55. The number of hydrogen-bond donors (Lipinski definition) is 1. The van der Waals surface area contributed by atoms with Crippen LogP contribution in [0.3, 0.4) is 0 Å². The van der Waals surface area contributed by atoms with Crippen molar-refractivity contribution in [1.29, 1.82) is 0 Å². The van der Waals surface area contributed by atoms with Crippen molar-refractivity contribution in [3.05, 3.63) is 71.8 Å². The molecule has 0 aliphatic carbocycles. The molecule has 0 fully saturated rings. The Balaban J connectivity index is 2.26. The molecule has 1 N–H and O–H groups in total. The maximum absolute atomic E-state index is 12.6. The van der Waals surface area contributed by atoms with Gasteiger partial charge < -0.3 is 10.2 Å². The number of rotatable bonds is 7. The van der Waals surface area contributed by atoms with Crippen molar-refractivity contribution in [2.75, 3.05) is 6.54 Å². The Morgan fingerprint density at radius 3 is 2.00 bits per heavy atom. The second-order valence-corrected chi connectivity index (χ2v) is 5.73. The van der Waals surface area contributed by atoms with Gasteiger partial charge in [-0.3, -0.25) is 9.59 Å². The Labute approximate surface area is 143 Å². The van der Waals surface area contributed by atoms with Crippen LogP contribution < -0.4 is 5.32 Å². The minimum atomic E-state index is -0.523. The van der Waals surface area contributed by atoms with Crippen molar-refractivity contribution < 1.29 is 9.59 Å². The number of hydrogen-bond acceptors (Lipinski definition) is 2. The first-order chi connectivity index (χ1) is 11.6. The first kappa shape index (κ1) is 17.7. The molecule has 4 nitrogen and oxygen atoms in total. The first-order valence-electron chi connectivity index (χ1n) is 8.24. The number of likely N-dealkylation sites (N-methyl/N-ethyl adjacent to an activating group) is 1. The molecule has 0 bridgehead atoms. The molecule has 4 heteroatoms. The van der Waals surface area contributed by atoms with Gasteiger partial charge in [0.05, 0.1) is 0 Å². The van der Waals surface area contributed by atoms with E-state index in [9.17, 15) is 9.59 Å². The molecule has 0 saturated heterocycles. The highest BCUT2D eigenvalue weighted by molar-refractivity contribution is 5.87. The molecule has 0 radical (unpaired) electrons. The van der Waals surface area contributed by atoms with Gasteiger partial charge >= 0.3 is 0 Å². The SMILES string of the molecule is CCNC(=O)C(Cc1ccccc1)N(Cc1ccccc1)C(C)=O. The highest BCUT2D eigenvalue weighted by Crippen LogP contribution is 2.14. The summed E-state index contributed by atoms with van der Waals surface area (Å²) in [5, 5.41) is 2.85. The van der Waals surface area contributed by atoms with Crippen LogP contribution in [0.15, 0.2) is 60.7 Å². The molecule has 2 aromatic carbocycles. The molecule has 0 spiro atoms. The zero-order valence-corrected chi connectivity index (χ0v) is 14.2. The Morgan fingerprint density at radius 1 is 0.958 bits per heavy atom. The molecule has 1 unspecified atom stereocenters. The molecule has 2 aromatic rings. The minimum absolute atomic E-state index is 0.106. The summed E-state index contributed by atoms with van der Waals surface area (Å²) in [5.74, 6) is -0.224. The molecule has 0 heterocycles. The van der Waals surface area contributed by atoms with Gasteiger partial charge in [0.15, 0.2) is 0 Å². The zero-order chi connectivity index (χ0) is 17.4. The zero-order valence-electron chi connectivity index (χ0n) is 14.2. The lowest BCUT2D eigenvalue weighted by Crippen LogP contribution is -2.49. The molecular weight excluding hydrogens is 300 g/mol. The molecule has 2 rings (SSSR count). The predicted octanol–water partition coefficient (Wildman–Crippen LogP) is 2.78. The molecule has 24 heavy (non-hydrogen) atoms. The fourth-order valence-electron chi connectivity index (χ4n) is 2.69. The van der Waals surface area contributed by atoms with E-state index in [0.717, 1.165) is 11.1 Å². The van der Waals surface area contributed by atoms with E-state index in [1.54, 1.807) is 4.90 Å². The summed E-state index contributed by atoms with van der Waals surface area (Å²) in [5.41, 5.74) is 2.04. The summed E-state index contributed by atoms with van der Waals surface area (Å²) in [7, 11) is 0. The van der Waals surface area contributed by atoms with Gasteiger partial charge in [-0.15, -0.1) is 0 Å². The van der Waals surface area contributed by atoms with Gasteiger partial charge in [0.1, 0.15) is 6.04 Å². The molecule has 1 atom stereocenters. The largest absolute Gasteiger partial charge is 0.355 e. The van der Waals surface area contributed by atoms with Crippen LogP contribution in [0.5, 0.6) is 0 Å². The molecule has 0 aromatic heterocycles. The normalized spacial score (nSPS) is 11.6. The van der Waals surface area contributed by atoms with E-state index in [4.69, 9.17) is 0 Å². The van der Waals surface area contributed by atoms with Crippen LogP contribution in [-0.4, -0.2) is 29.3 Å². The molecule has 0 aliphatic heterocycles. The number of nitrogens with one attached hydrogen (secondary N) is 1. The second kappa shape index (κ2) is 8.87. The van der Waals surface area contributed by atoms with Gasteiger partial charge in [0.25, 0.3) is 0 Å². The van der Waals surface area contributed by atoms with Crippen molar-refractivity contribution in [2.24, 2.45) is 0 Å². The van der Waals surface area contributed by atoms with Gasteiger partial charge in [0, 0.05) is 26.4 Å². The van der Waals surface area contributed by atoms with Crippen LogP contribution in [0.1, 0.15) is 25.0 Å². The first-order valence-corrected chi connectivity index (χ1v) is 8.24. The number of carbonyl (C=O) groups is 2. The Morgan fingerprint density at radius 2 is 1.50 bits per heavy atom. The van der Waals surface area contributed by atoms with E-state index in [0.29, 0.717) is 19.5 Å². The maximum Gasteiger partial charge on any atom is 0.243 e. The fourth-order valence-corrected chi connectivity index (χ4v) is 2.69. The lowest BCUT2D eigenvalue weighted by atomic mass is 10.0. The van der Waals surface area contributed by atoms with Gasteiger partial charge in [-0.1, -0.05) is 60.7 Å². The summed E-state index contributed by atoms with van der Waals surface area (Å²) >= 11 is 0. The van der Waals surface area contributed by atoms with Crippen molar-refractivity contribution in [3.8, 4) is 0 Å². The smallest absolute Gasteiger partial charge is 0.243 e. The third-order valence-corrected chi connectivity index (χ3v) is 3.90. The molecule has 126 valence electrons. The van der Waals surface area contributed by atoms with Crippen molar-refractivity contribution in [3.63, 3.8) is 0 Å². The minimum Gasteiger partial charge on any atom is -0.355 e. The molecule has 2 amide bonds. The van der Waals surface area contributed by atoms with Crippen LogP contribution in [-0.2, 0) is 22.6 Å². The fraction of sp³-hybridized carbons (Fsp3) is 0.300. The van der Waals surface area contributed by atoms with Crippen LogP contribution in [0.4, 0.5) is 0 Å². The van der Waals surface area contributed by atoms with Gasteiger partial charge in [-0.2, -0.15) is 0 Å². The van der Waals surface area contributed by atoms with Crippen LogP contribution in [0, 0.1) is 0 Å². The van der Waals surface area contributed by atoms with E-state index < -0.39 is 6.04 Å². The summed E-state index contributed by atoms with van der Waals surface area (Å²) in [6.45, 7) is 4.36. The maximum atomic E-state index is 12.6. The Hall–Kier alpha value is -2.62. The average Bonchev–Trinajstić information content (AvgIpc) is 2.60. The van der Waals surface area contributed by atoms with Crippen LogP contribution in [0.2, 0.25) is 0 Å². The van der Waals surface area contributed by atoms with E-state index in [2.05, 4.69) is 5.32 Å². The average molecular weight is 324 g/mol. The van der Waals surface area contributed by atoms with Gasteiger partial charge in [-0.25, -0.2) is 0 Å². The summed E-state index contributed by atoms with van der Waals surface area (Å²) in [4.78, 5) is 26.5. The quantitative estimate of drug-likeness (QED) is 0.851. The second-order valence-electron chi connectivity index (χ2n) is 5.73. The van der Waals surface area contributed by atoms with E-state index in [1.807, 2.05) is 67.6 Å². The van der Waals surface area contributed by atoms with Crippen molar-refractivity contribution >= 4 is 11.8 Å². The summed E-state index contributed by atoms with van der Waals surface area (Å²) < 4.78 is 0. The van der Waals surface area contributed by atoms with E-state index in [-0.39, 0.29) is 11.8 Å². The summed E-state index contributed by atoms with van der Waals surface area (Å²) in [6.07, 6.45) is 0.499. The standard InChI is InChI=1S/C20H24N2O2/c1-3-21-20(24)19(14-17-10-6-4-7-11-17)22(16(2)23)15-18-12-8-5-9-13-18/h4-13,19H,3,14-15H2,1-2H3,(H,21,24). The monoisotopic (exact) mass is 324 g/mol. The van der Waals surface area contributed by atoms with Crippen LogP contribution >= 0.6 is 0 Å². The van der Waals surface area contributed by atoms with Gasteiger partial charge in [-0.05, 0) is 18.1 Å². The summed E-state index contributed by atoms with van der Waals surface area (Å²) in [6, 6.07) is 19.0. The highest BCUT2D eigenvalue weighted by Gasteiger charge is 2.28. The molecule has 0 saturated carbocycles. The number of benzene rings is 2. The van der Waals surface area contributed by atoms with Crippen molar-refractivity contribution in [1.82, 2.24) is 10.2 Å². The third kappa shape index (κ3) is 4.95. The third-order valence-electron chi connectivity index (χ3n) is 3.90. The molecular formula is C20H24N2O2.